The highest BCUT2D eigenvalue weighted by Crippen LogP contribution is 2.09. The number of nitrogens with zero attached hydrogens (tertiary/aromatic N) is 2. The summed E-state index contributed by atoms with van der Waals surface area (Å²) in [5, 5.41) is 2.86. The van der Waals surface area contributed by atoms with E-state index in [1.54, 1.807) is 6.07 Å². The molecule has 4 nitrogen and oxygen atoms in total. The lowest BCUT2D eigenvalue weighted by molar-refractivity contribution is -0.116. The van der Waals surface area contributed by atoms with E-state index in [0.29, 0.717) is 12.2 Å². The van der Waals surface area contributed by atoms with E-state index >= 15 is 0 Å². The first-order chi connectivity index (χ1) is 8.72. The van der Waals surface area contributed by atoms with Gasteiger partial charge in [0.05, 0.1) is 0 Å². The van der Waals surface area contributed by atoms with Crippen LogP contribution in [-0.4, -0.2) is 15.9 Å². The van der Waals surface area contributed by atoms with Gasteiger partial charge in [-0.25, -0.2) is 9.97 Å². The van der Waals surface area contributed by atoms with Crippen molar-refractivity contribution in [2.45, 2.75) is 51.9 Å². The summed E-state index contributed by atoms with van der Waals surface area (Å²) in [6, 6.07) is 1.63. The van der Waals surface area contributed by atoms with Gasteiger partial charge in [0, 0.05) is 12.6 Å². The van der Waals surface area contributed by atoms with E-state index in [0.717, 1.165) is 12.8 Å². The fraction of sp³-hybridized carbons (Fsp3) is 0.615. The van der Waals surface area contributed by atoms with Gasteiger partial charge in [0.15, 0.2) is 0 Å². The predicted molar refractivity (Wildman–Crippen MR) is 73.7 cm³/mol. The van der Waals surface area contributed by atoms with Gasteiger partial charge in [-0.1, -0.05) is 39.0 Å². The molecule has 0 aliphatic heterocycles. The summed E-state index contributed by atoms with van der Waals surface area (Å²) >= 11 is 5.63. The Balaban J connectivity index is 2.14. The van der Waals surface area contributed by atoms with Gasteiger partial charge in [-0.15, -0.1) is 0 Å². The largest absolute Gasteiger partial charge is 0.311 e. The normalized spacial score (nSPS) is 10.3. The molecule has 5 heteroatoms. The molecule has 1 N–H and O–H groups in total. The van der Waals surface area contributed by atoms with Gasteiger partial charge in [-0.3, -0.25) is 4.79 Å². The summed E-state index contributed by atoms with van der Waals surface area (Å²) in [7, 11) is 0. The molecular weight excluding hydrogens is 250 g/mol. The highest BCUT2D eigenvalue weighted by atomic mass is 35.5. The topological polar surface area (TPSA) is 54.9 Å². The van der Waals surface area contributed by atoms with Crippen LogP contribution in [0.5, 0.6) is 0 Å². The third-order valence-corrected chi connectivity index (χ3v) is 2.83. The molecule has 0 aromatic carbocycles. The molecular formula is C13H20ClN3O. The predicted octanol–water partition coefficient (Wildman–Crippen LogP) is 3.82. The van der Waals surface area contributed by atoms with Crippen LogP contribution in [0.3, 0.4) is 0 Å². The molecule has 0 fully saturated rings. The maximum absolute atomic E-state index is 11.6. The monoisotopic (exact) mass is 269 g/mol. The van der Waals surface area contributed by atoms with Crippen molar-refractivity contribution in [1.29, 1.82) is 0 Å². The van der Waals surface area contributed by atoms with Crippen LogP contribution in [0, 0.1) is 0 Å². The third kappa shape index (κ3) is 6.55. The maximum Gasteiger partial charge on any atom is 0.225 e. The van der Waals surface area contributed by atoms with E-state index < -0.39 is 0 Å². The Labute approximate surface area is 113 Å². The zero-order chi connectivity index (χ0) is 13.2. The summed E-state index contributed by atoms with van der Waals surface area (Å²) in [5.41, 5.74) is 0. The maximum atomic E-state index is 11.6. The van der Waals surface area contributed by atoms with E-state index in [1.807, 2.05) is 0 Å². The van der Waals surface area contributed by atoms with Gasteiger partial charge >= 0.3 is 0 Å². The van der Waals surface area contributed by atoms with Gasteiger partial charge in [-0.2, -0.15) is 0 Å². The summed E-state index contributed by atoms with van der Waals surface area (Å²) in [6.45, 7) is 2.19. The van der Waals surface area contributed by atoms with Crippen LogP contribution in [-0.2, 0) is 4.79 Å². The Bertz CT molecular complexity index is 371. The molecule has 0 spiro atoms. The highest BCUT2D eigenvalue weighted by molar-refractivity contribution is 6.28. The minimum atomic E-state index is -0.0136. The first-order valence-corrected chi connectivity index (χ1v) is 6.88. The SMILES string of the molecule is CCCCCCCCC(=O)Nc1ccnc(Cl)n1. The Morgan fingerprint density at radius 3 is 2.72 bits per heavy atom. The quantitative estimate of drug-likeness (QED) is 0.577. The first-order valence-electron chi connectivity index (χ1n) is 6.50. The molecule has 0 saturated heterocycles. The molecule has 1 aromatic heterocycles. The minimum Gasteiger partial charge on any atom is -0.311 e. The molecule has 0 atom stereocenters. The van der Waals surface area contributed by atoms with E-state index in [4.69, 9.17) is 11.6 Å². The fourth-order valence-corrected chi connectivity index (χ4v) is 1.82. The van der Waals surface area contributed by atoms with Gasteiger partial charge in [0.1, 0.15) is 5.82 Å². The van der Waals surface area contributed by atoms with Crippen LogP contribution in [0.1, 0.15) is 51.9 Å². The highest BCUT2D eigenvalue weighted by Gasteiger charge is 2.03. The lowest BCUT2D eigenvalue weighted by atomic mass is 10.1. The Morgan fingerprint density at radius 2 is 2.00 bits per heavy atom. The third-order valence-electron chi connectivity index (χ3n) is 2.65. The Hall–Kier alpha value is -1.16. The minimum absolute atomic E-state index is 0.0136. The molecule has 1 amide bonds. The van der Waals surface area contributed by atoms with Crippen LogP contribution in [0.15, 0.2) is 12.3 Å². The van der Waals surface area contributed by atoms with Crippen molar-refractivity contribution in [1.82, 2.24) is 9.97 Å². The molecule has 0 saturated carbocycles. The van der Waals surface area contributed by atoms with Crippen LogP contribution < -0.4 is 5.32 Å². The van der Waals surface area contributed by atoms with Crippen molar-refractivity contribution in [2.24, 2.45) is 0 Å². The molecule has 1 rings (SSSR count). The molecule has 1 heterocycles. The number of carbonyl (C=O) groups excluding carboxylic acids is 1. The number of hydrogen-bond donors (Lipinski definition) is 1. The number of aromatic nitrogens is 2. The van der Waals surface area contributed by atoms with Crippen LogP contribution in [0.25, 0.3) is 0 Å². The molecule has 18 heavy (non-hydrogen) atoms. The Kier molecular flexibility index (Phi) is 7.34. The van der Waals surface area contributed by atoms with Crippen LogP contribution >= 0.6 is 11.6 Å². The number of halogens is 1. The number of carbonyl (C=O) groups is 1. The number of nitrogens with one attached hydrogen (secondary N) is 1. The van der Waals surface area contributed by atoms with Crippen molar-refractivity contribution in [3.05, 3.63) is 17.5 Å². The zero-order valence-electron chi connectivity index (χ0n) is 10.8. The van der Waals surface area contributed by atoms with Crippen LogP contribution in [0.2, 0.25) is 5.28 Å². The van der Waals surface area contributed by atoms with E-state index in [-0.39, 0.29) is 11.2 Å². The molecule has 0 unspecified atom stereocenters. The van der Waals surface area contributed by atoms with E-state index in [2.05, 4.69) is 22.2 Å². The summed E-state index contributed by atoms with van der Waals surface area (Å²) in [4.78, 5) is 19.3. The molecule has 0 aliphatic rings. The number of anilines is 1. The number of unbranched alkanes of at least 4 members (excludes halogenated alkanes) is 5. The van der Waals surface area contributed by atoms with Crippen molar-refractivity contribution >= 4 is 23.3 Å². The molecule has 0 aliphatic carbocycles. The van der Waals surface area contributed by atoms with E-state index in [1.165, 1.54) is 31.9 Å². The summed E-state index contributed by atoms with van der Waals surface area (Å²) < 4.78 is 0. The second-order valence-electron chi connectivity index (χ2n) is 4.28. The van der Waals surface area contributed by atoms with Gasteiger partial charge in [-0.05, 0) is 24.1 Å². The second-order valence-corrected chi connectivity index (χ2v) is 4.61. The van der Waals surface area contributed by atoms with Gasteiger partial charge < -0.3 is 5.32 Å². The van der Waals surface area contributed by atoms with Crippen molar-refractivity contribution in [2.75, 3.05) is 5.32 Å². The number of hydrogen-bond acceptors (Lipinski definition) is 3. The molecule has 0 radical (unpaired) electrons. The average Bonchev–Trinajstić information content (AvgIpc) is 2.33. The van der Waals surface area contributed by atoms with Crippen molar-refractivity contribution < 1.29 is 4.79 Å². The first kappa shape index (κ1) is 14.9. The van der Waals surface area contributed by atoms with Crippen LogP contribution in [0.4, 0.5) is 5.82 Å². The van der Waals surface area contributed by atoms with Gasteiger partial charge in [0.25, 0.3) is 0 Å². The Morgan fingerprint density at radius 1 is 1.28 bits per heavy atom. The summed E-state index contributed by atoms with van der Waals surface area (Å²) in [6.07, 6.45) is 9.09. The molecule has 1 aromatic rings. The number of amides is 1. The lowest BCUT2D eigenvalue weighted by Crippen LogP contribution is -2.12. The molecule has 100 valence electrons. The molecule has 0 bridgehead atoms. The second kappa shape index (κ2) is 8.86. The van der Waals surface area contributed by atoms with Crippen molar-refractivity contribution in [3.63, 3.8) is 0 Å². The van der Waals surface area contributed by atoms with Crippen molar-refractivity contribution in [3.8, 4) is 0 Å². The standard InChI is InChI=1S/C13H20ClN3O/c1-2-3-4-5-6-7-8-12(18)16-11-9-10-15-13(14)17-11/h9-10H,2-8H2,1H3,(H,15,16,17,18). The average molecular weight is 270 g/mol. The number of rotatable bonds is 8. The smallest absolute Gasteiger partial charge is 0.225 e. The fourth-order valence-electron chi connectivity index (χ4n) is 1.68. The summed E-state index contributed by atoms with van der Waals surface area (Å²) in [5.74, 6) is 0.450. The van der Waals surface area contributed by atoms with E-state index in [9.17, 15) is 4.79 Å². The lowest BCUT2D eigenvalue weighted by Gasteiger charge is -2.04. The van der Waals surface area contributed by atoms with Gasteiger partial charge in [0.2, 0.25) is 11.2 Å². The zero-order valence-corrected chi connectivity index (χ0v) is 11.5.